The van der Waals surface area contributed by atoms with Gasteiger partial charge in [0.1, 0.15) is 9.84 Å². The van der Waals surface area contributed by atoms with Gasteiger partial charge in [0.05, 0.1) is 5.75 Å². The van der Waals surface area contributed by atoms with Crippen LogP contribution in [0.1, 0.15) is 36.8 Å². The number of rotatable bonds is 4. The molecule has 1 aliphatic carbocycles. The molecule has 1 fully saturated rings. The Kier molecular flexibility index (Phi) is 3.96. The average molecular weight is 346 g/mol. The number of sulfone groups is 1. The molecule has 5 heteroatoms. The van der Waals surface area contributed by atoms with Gasteiger partial charge in [0.25, 0.3) is 0 Å². The minimum atomic E-state index is -2.93. The van der Waals surface area contributed by atoms with Crippen LogP contribution < -0.4 is 0 Å². The summed E-state index contributed by atoms with van der Waals surface area (Å²) in [6.45, 7) is 4.18. The highest BCUT2D eigenvalue weighted by Gasteiger charge is 2.41. The lowest BCUT2D eigenvalue weighted by Crippen LogP contribution is -2.51. The van der Waals surface area contributed by atoms with Crippen molar-refractivity contribution in [2.75, 3.05) is 25.1 Å². The van der Waals surface area contributed by atoms with Crippen LogP contribution in [0.25, 0.3) is 10.9 Å². The van der Waals surface area contributed by atoms with E-state index in [1.165, 1.54) is 28.3 Å². The summed E-state index contributed by atoms with van der Waals surface area (Å²) in [7, 11) is -2.93. The first-order valence-electron chi connectivity index (χ1n) is 8.97. The molecule has 0 spiro atoms. The number of hydrogen-bond acceptors (Lipinski definition) is 3. The van der Waals surface area contributed by atoms with Crippen molar-refractivity contribution in [3.05, 3.63) is 35.5 Å². The highest BCUT2D eigenvalue weighted by atomic mass is 32.2. The summed E-state index contributed by atoms with van der Waals surface area (Å²) < 4.78 is 23.7. The van der Waals surface area contributed by atoms with Crippen LogP contribution in [-0.2, 0) is 16.3 Å². The molecule has 1 aromatic heterocycles. The Balaban J connectivity index is 1.74. The second-order valence-electron chi connectivity index (χ2n) is 7.65. The number of aromatic nitrogens is 1. The quantitative estimate of drug-likeness (QED) is 0.926. The number of H-pyrrole nitrogens is 1. The highest BCUT2D eigenvalue weighted by Crippen LogP contribution is 2.44. The van der Waals surface area contributed by atoms with E-state index in [0.29, 0.717) is 17.7 Å². The Morgan fingerprint density at radius 1 is 1.33 bits per heavy atom. The van der Waals surface area contributed by atoms with Crippen LogP contribution in [0.4, 0.5) is 0 Å². The van der Waals surface area contributed by atoms with Crippen LogP contribution in [0, 0.1) is 5.92 Å². The minimum absolute atomic E-state index is 0.239. The van der Waals surface area contributed by atoms with Gasteiger partial charge in [0, 0.05) is 41.9 Å². The van der Waals surface area contributed by atoms with Crippen molar-refractivity contribution in [1.29, 1.82) is 0 Å². The first-order chi connectivity index (χ1) is 11.5. The van der Waals surface area contributed by atoms with Crippen molar-refractivity contribution in [1.82, 2.24) is 9.88 Å². The molecule has 4 rings (SSSR count). The number of aromatic amines is 1. The molecule has 0 amide bonds. The van der Waals surface area contributed by atoms with Crippen LogP contribution >= 0.6 is 0 Å². The molecule has 0 bridgehead atoms. The van der Waals surface area contributed by atoms with E-state index in [1.807, 2.05) is 0 Å². The van der Waals surface area contributed by atoms with Crippen LogP contribution in [0.3, 0.4) is 0 Å². The molecule has 2 aromatic rings. The first-order valence-corrected chi connectivity index (χ1v) is 11.0. The first kappa shape index (κ1) is 16.2. The molecule has 2 heterocycles. The zero-order valence-electron chi connectivity index (χ0n) is 14.5. The van der Waals surface area contributed by atoms with Gasteiger partial charge in [0.15, 0.2) is 0 Å². The van der Waals surface area contributed by atoms with Gasteiger partial charge < -0.3 is 4.98 Å². The van der Waals surface area contributed by atoms with Gasteiger partial charge in [-0.1, -0.05) is 19.1 Å². The smallest absolute Gasteiger partial charge is 0.147 e. The van der Waals surface area contributed by atoms with Gasteiger partial charge in [-0.05, 0) is 48.9 Å². The maximum absolute atomic E-state index is 11.8. The Bertz CT molecular complexity index is 855. The summed E-state index contributed by atoms with van der Waals surface area (Å²) >= 11 is 0. The molecular weight excluding hydrogens is 320 g/mol. The number of fused-ring (bicyclic) bond motifs is 2. The molecule has 1 N–H and O–H groups in total. The monoisotopic (exact) mass is 346 g/mol. The fraction of sp³-hybridized carbons (Fsp3) is 0.579. The van der Waals surface area contributed by atoms with E-state index in [1.54, 1.807) is 0 Å². The average Bonchev–Trinajstić information content (AvgIpc) is 2.92. The zero-order chi connectivity index (χ0) is 16.9. The van der Waals surface area contributed by atoms with Crippen molar-refractivity contribution >= 4 is 20.7 Å². The van der Waals surface area contributed by atoms with E-state index in [4.69, 9.17) is 0 Å². The van der Waals surface area contributed by atoms with Crippen LogP contribution in [0.2, 0.25) is 0 Å². The Labute approximate surface area is 144 Å². The largest absolute Gasteiger partial charge is 0.361 e. The zero-order valence-corrected chi connectivity index (χ0v) is 15.3. The van der Waals surface area contributed by atoms with Crippen LogP contribution in [-0.4, -0.2) is 49.4 Å². The third-order valence-electron chi connectivity index (χ3n) is 5.71. The third kappa shape index (κ3) is 2.78. The number of likely N-dealkylation sites (tertiary alicyclic amines) is 1. The van der Waals surface area contributed by atoms with E-state index < -0.39 is 9.84 Å². The van der Waals surface area contributed by atoms with Gasteiger partial charge in [-0.2, -0.15) is 0 Å². The van der Waals surface area contributed by atoms with E-state index in [9.17, 15) is 8.42 Å². The summed E-state index contributed by atoms with van der Waals surface area (Å²) in [6.07, 6.45) is 6.71. The van der Waals surface area contributed by atoms with Gasteiger partial charge in [0.2, 0.25) is 0 Å². The Hall–Kier alpha value is -1.33. The number of hydrogen-bond donors (Lipinski definition) is 1. The SMILES string of the molecule is CCCN1C[C@H](CS(C)(=O)=O)C[C@@H]2c3cccc4[nH]cc(c34)C[C@H]21. The molecule has 0 unspecified atom stereocenters. The van der Waals surface area contributed by atoms with Crippen molar-refractivity contribution in [3.63, 3.8) is 0 Å². The number of nitrogens with zero attached hydrogens (tertiary/aromatic N) is 1. The number of piperidine rings is 1. The molecule has 1 aliphatic heterocycles. The minimum Gasteiger partial charge on any atom is -0.361 e. The fourth-order valence-electron chi connectivity index (χ4n) is 4.99. The van der Waals surface area contributed by atoms with Gasteiger partial charge in [-0.25, -0.2) is 8.42 Å². The maximum Gasteiger partial charge on any atom is 0.147 e. The van der Waals surface area contributed by atoms with E-state index in [2.05, 4.69) is 41.2 Å². The van der Waals surface area contributed by atoms with Gasteiger partial charge in [-0.15, -0.1) is 0 Å². The second kappa shape index (κ2) is 5.88. The van der Waals surface area contributed by atoms with Crippen molar-refractivity contribution in [2.45, 2.75) is 38.1 Å². The molecule has 3 atom stereocenters. The molecular formula is C19H26N2O2S. The molecule has 130 valence electrons. The van der Waals surface area contributed by atoms with Crippen LogP contribution in [0.5, 0.6) is 0 Å². The van der Waals surface area contributed by atoms with E-state index >= 15 is 0 Å². The lowest BCUT2D eigenvalue weighted by molar-refractivity contribution is 0.0920. The summed E-state index contributed by atoms with van der Waals surface area (Å²) in [5.41, 5.74) is 4.05. The Morgan fingerprint density at radius 3 is 2.92 bits per heavy atom. The summed E-state index contributed by atoms with van der Waals surface area (Å²) in [4.78, 5) is 5.97. The van der Waals surface area contributed by atoms with Crippen LogP contribution in [0.15, 0.2) is 24.4 Å². The number of benzene rings is 1. The van der Waals surface area contributed by atoms with E-state index in [-0.39, 0.29) is 5.92 Å². The number of nitrogens with one attached hydrogen (secondary N) is 1. The lowest BCUT2D eigenvalue weighted by Gasteiger charge is -2.47. The van der Waals surface area contributed by atoms with E-state index in [0.717, 1.165) is 32.4 Å². The molecule has 2 aliphatic rings. The third-order valence-corrected chi connectivity index (χ3v) is 6.79. The predicted octanol–water partition coefficient (Wildman–Crippen LogP) is 2.95. The topological polar surface area (TPSA) is 53.2 Å². The summed E-state index contributed by atoms with van der Waals surface area (Å²) in [5.74, 6) is 1.000. The Morgan fingerprint density at radius 2 is 2.17 bits per heavy atom. The lowest BCUT2D eigenvalue weighted by atomic mass is 9.72. The van der Waals surface area contributed by atoms with Crippen molar-refractivity contribution in [3.8, 4) is 0 Å². The van der Waals surface area contributed by atoms with Gasteiger partial charge >= 0.3 is 0 Å². The molecule has 0 radical (unpaired) electrons. The maximum atomic E-state index is 11.8. The fourth-order valence-corrected chi connectivity index (χ4v) is 6.09. The normalized spacial score (nSPS) is 27.3. The summed E-state index contributed by atoms with van der Waals surface area (Å²) in [5, 5.41) is 1.38. The van der Waals surface area contributed by atoms with Gasteiger partial charge in [-0.3, -0.25) is 4.90 Å². The molecule has 1 saturated heterocycles. The summed E-state index contributed by atoms with van der Waals surface area (Å²) in [6, 6.07) is 7.03. The molecule has 24 heavy (non-hydrogen) atoms. The molecule has 4 nitrogen and oxygen atoms in total. The van der Waals surface area contributed by atoms with Crippen molar-refractivity contribution < 1.29 is 8.42 Å². The molecule has 0 saturated carbocycles. The standard InChI is InChI=1S/C19H26N2O2S/c1-3-7-21-11-13(12-24(2,22)23)8-16-15-5-4-6-17-19(15)14(10-20-17)9-18(16)21/h4-6,10,13,16,18,20H,3,7-9,11-12H2,1-2H3/t13-,16-,18-/m1/s1. The van der Waals surface area contributed by atoms with Crippen molar-refractivity contribution in [2.24, 2.45) is 5.92 Å². The predicted molar refractivity (Wildman–Crippen MR) is 98.2 cm³/mol. The second-order valence-corrected chi connectivity index (χ2v) is 9.84. The molecule has 1 aromatic carbocycles. The highest BCUT2D eigenvalue weighted by molar-refractivity contribution is 7.90.